The van der Waals surface area contributed by atoms with E-state index in [0.717, 1.165) is 33.3 Å². The maximum absolute atomic E-state index is 12.3. The summed E-state index contributed by atoms with van der Waals surface area (Å²) < 4.78 is 29.8. The molecule has 0 atom stereocenters. The van der Waals surface area contributed by atoms with Crippen LogP contribution in [0.5, 0.6) is 0 Å². The monoisotopic (exact) mass is 434 g/mol. The van der Waals surface area contributed by atoms with Gasteiger partial charge in [0.25, 0.3) is 0 Å². The number of H-pyrrole nitrogens is 1. The number of ketones is 1. The van der Waals surface area contributed by atoms with Gasteiger partial charge in [0.15, 0.2) is 6.61 Å². The highest BCUT2D eigenvalue weighted by molar-refractivity contribution is 7.88. The van der Waals surface area contributed by atoms with Gasteiger partial charge in [-0.2, -0.15) is 0 Å². The van der Waals surface area contributed by atoms with Crippen LogP contribution in [0, 0.1) is 13.8 Å². The first kappa shape index (κ1) is 21.2. The van der Waals surface area contributed by atoms with E-state index in [1.807, 2.05) is 19.9 Å². The van der Waals surface area contributed by atoms with Crippen LogP contribution in [0.2, 0.25) is 0 Å². The first-order valence-electron chi connectivity index (χ1n) is 8.96. The highest BCUT2D eigenvalue weighted by atomic mass is 32.2. The summed E-state index contributed by atoms with van der Waals surface area (Å²) in [6.07, 6.45) is 1.58. The van der Waals surface area contributed by atoms with Gasteiger partial charge in [0.2, 0.25) is 15.8 Å². The zero-order chi connectivity index (χ0) is 21.2. The molecule has 3 rings (SSSR count). The van der Waals surface area contributed by atoms with Crippen molar-refractivity contribution in [2.24, 2.45) is 0 Å². The number of rotatable bonds is 8. The lowest BCUT2D eigenvalue weighted by Gasteiger charge is -2.04. The minimum Gasteiger partial charge on any atom is -0.454 e. The van der Waals surface area contributed by atoms with Crippen molar-refractivity contribution in [3.8, 4) is 0 Å². The number of aryl methyl sites for hydroxylation is 2. The van der Waals surface area contributed by atoms with Gasteiger partial charge < -0.3 is 9.72 Å². The lowest BCUT2D eigenvalue weighted by Crippen LogP contribution is -2.24. The second kappa shape index (κ2) is 8.48. The summed E-state index contributed by atoms with van der Waals surface area (Å²) in [4.78, 5) is 29.2. The Morgan fingerprint density at radius 2 is 1.93 bits per heavy atom. The predicted molar refractivity (Wildman–Crippen MR) is 113 cm³/mol. The minimum atomic E-state index is -3.24. The number of aromatic nitrogens is 1. The SMILES string of the molecule is Cc1[nH]c2ccc(C(=O)OCC(=O)c3ccc(CCNS(C)(=O)=O)s3)cc2c1C. The van der Waals surface area contributed by atoms with E-state index in [9.17, 15) is 18.0 Å². The molecule has 0 aliphatic heterocycles. The summed E-state index contributed by atoms with van der Waals surface area (Å²) in [5.74, 6) is -0.840. The first-order valence-corrected chi connectivity index (χ1v) is 11.7. The van der Waals surface area contributed by atoms with Crippen molar-refractivity contribution in [1.29, 1.82) is 0 Å². The molecule has 154 valence electrons. The molecule has 0 saturated carbocycles. The molecule has 0 radical (unpaired) electrons. The quantitative estimate of drug-likeness (QED) is 0.419. The number of aromatic amines is 1. The van der Waals surface area contributed by atoms with Gasteiger partial charge in [-0.25, -0.2) is 17.9 Å². The minimum absolute atomic E-state index is 0.266. The summed E-state index contributed by atoms with van der Waals surface area (Å²) in [6.45, 7) is 3.87. The number of carbonyl (C=O) groups excluding carboxylic acids is 2. The highest BCUT2D eigenvalue weighted by Crippen LogP contribution is 2.23. The van der Waals surface area contributed by atoms with Gasteiger partial charge in [-0.15, -0.1) is 11.3 Å². The third kappa shape index (κ3) is 5.31. The molecule has 7 nitrogen and oxygen atoms in total. The van der Waals surface area contributed by atoms with Crippen molar-refractivity contribution in [3.05, 3.63) is 56.9 Å². The number of benzene rings is 1. The fourth-order valence-corrected chi connectivity index (χ4v) is 4.30. The molecule has 0 bridgehead atoms. The average Bonchev–Trinajstić information content (AvgIpc) is 3.23. The van der Waals surface area contributed by atoms with Crippen LogP contribution in [-0.4, -0.2) is 44.6 Å². The van der Waals surface area contributed by atoms with Crippen molar-refractivity contribution >= 4 is 44.0 Å². The maximum Gasteiger partial charge on any atom is 0.338 e. The summed E-state index contributed by atoms with van der Waals surface area (Å²) in [6, 6.07) is 8.69. The predicted octanol–water partition coefficient (Wildman–Crippen LogP) is 2.98. The molecule has 0 amide bonds. The van der Waals surface area contributed by atoms with Gasteiger partial charge in [-0.1, -0.05) is 0 Å². The van der Waals surface area contributed by atoms with E-state index in [1.165, 1.54) is 11.3 Å². The first-order chi connectivity index (χ1) is 13.6. The molecule has 0 unspecified atom stereocenters. The third-order valence-electron chi connectivity index (χ3n) is 4.55. The number of sulfonamides is 1. The van der Waals surface area contributed by atoms with Gasteiger partial charge >= 0.3 is 5.97 Å². The van der Waals surface area contributed by atoms with Gasteiger partial charge in [0.05, 0.1) is 16.7 Å². The van der Waals surface area contributed by atoms with Crippen molar-refractivity contribution in [2.45, 2.75) is 20.3 Å². The summed E-state index contributed by atoms with van der Waals surface area (Å²) >= 11 is 1.27. The van der Waals surface area contributed by atoms with Gasteiger partial charge in [-0.3, -0.25) is 4.79 Å². The highest BCUT2D eigenvalue weighted by Gasteiger charge is 2.15. The Kier molecular flexibility index (Phi) is 6.21. The number of Topliss-reactive ketones (excluding diaryl/α,β-unsaturated/α-hetero) is 1. The third-order valence-corrected chi connectivity index (χ3v) is 6.46. The second-order valence-corrected chi connectivity index (χ2v) is 9.82. The molecule has 0 fully saturated rings. The lowest BCUT2D eigenvalue weighted by atomic mass is 10.1. The number of esters is 1. The van der Waals surface area contributed by atoms with Gasteiger partial charge in [0, 0.05) is 28.0 Å². The van der Waals surface area contributed by atoms with E-state index in [0.29, 0.717) is 16.9 Å². The van der Waals surface area contributed by atoms with E-state index in [4.69, 9.17) is 4.74 Å². The Hall–Kier alpha value is -2.49. The molecule has 0 saturated heterocycles. The molecule has 0 spiro atoms. The fourth-order valence-electron chi connectivity index (χ4n) is 2.90. The summed E-state index contributed by atoms with van der Waals surface area (Å²) in [5, 5.41) is 0.953. The number of thiophene rings is 1. The van der Waals surface area contributed by atoms with Crippen LogP contribution in [0.4, 0.5) is 0 Å². The molecular weight excluding hydrogens is 412 g/mol. The van der Waals surface area contributed by atoms with Gasteiger partial charge in [0.1, 0.15) is 0 Å². The Balaban J connectivity index is 1.58. The molecule has 0 aliphatic rings. The Bertz CT molecular complexity index is 1170. The maximum atomic E-state index is 12.3. The van der Waals surface area contributed by atoms with Crippen LogP contribution in [0.3, 0.4) is 0 Å². The van der Waals surface area contributed by atoms with Crippen LogP contribution in [0.1, 0.15) is 36.2 Å². The molecule has 2 heterocycles. The van der Waals surface area contributed by atoms with E-state index >= 15 is 0 Å². The summed E-state index contributed by atoms with van der Waals surface area (Å²) in [7, 11) is -3.24. The van der Waals surface area contributed by atoms with E-state index in [-0.39, 0.29) is 18.9 Å². The van der Waals surface area contributed by atoms with Crippen LogP contribution < -0.4 is 4.72 Å². The zero-order valence-electron chi connectivity index (χ0n) is 16.4. The van der Waals surface area contributed by atoms with Crippen LogP contribution >= 0.6 is 11.3 Å². The molecular formula is C20H22N2O5S2. The molecule has 3 aromatic rings. The van der Waals surface area contributed by atoms with Crippen molar-refractivity contribution in [2.75, 3.05) is 19.4 Å². The van der Waals surface area contributed by atoms with E-state index in [2.05, 4.69) is 9.71 Å². The second-order valence-electron chi connectivity index (χ2n) is 6.82. The van der Waals surface area contributed by atoms with Crippen LogP contribution in [0.25, 0.3) is 10.9 Å². The Morgan fingerprint density at radius 1 is 1.17 bits per heavy atom. The zero-order valence-corrected chi connectivity index (χ0v) is 18.0. The van der Waals surface area contributed by atoms with E-state index < -0.39 is 16.0 Å². The molecule has 9 heteroatoms. The topological polar surface area (TPSA) is 105 Å². The molecule has 0 aliphatic carbocycles. The van der Waals surface area contributed by atoms with Crippen molar-refractivity contribution in [1.82, 2.24) is 9.71 Å². The van der Waals surface area contributed by atoms with Crippen LogP contribution in [-0.2, 0) is 21.2 Å². The number of ether oxygens (including phenoxy) is 1. The number of nitrogens with one attached hydrogen (secondary N) is 2. The average molecular weight is 435 g/mol. The standard InChI is InChI=1S/C20H22N2O5S2/c1-12-13(2)22-17-6-4-14(10-16(12)17)20(24)27-11-18(23)19-7-5-15(28-19)8-9-21-29(3,25)26/h4-7,10,21-22H,8-9,11H2,1-3H3. The van der Waals surface area contributed by atoms with Crippen LogP contribution in [0.15, 0.2) is 30.3 Å². The Labute approximate surface area is 173 Å². The number of fused-ring (bicyclic) bond motifs is 1. The number of hydrogen-bond donors (Lipinski definition) is 2. The van der Waals surface area contributed by atoms with Gasteiger partial charge in [-0.05, 0) is 56.2 Å². The molecule has 1 aromatic carbocycles. The van der Waals surface area contributed by atoms with Crippen molar-refractivity contribution in [3.63, 3.8) is 0 Å². The van der Waals surface area contributed by atoms with E-state index in [1.54, 1.807) is 24.3 Å². The molecule has 29 heavy (non-hydrogen) atoms. The smallest absolute Gasteiger partial charge is 0.338 e. The molecule has 2 aromatic heterocycles. The molecule has 2 N–H and O–H groups in total. The normalized spacial score (nSPS) is 11.7. The lowest BCUT2D eigenvalue weighted by molar-refractivity contribution is 0.0476. The largest absolute Gasteiger partial charge is 0.454 e. The summed E-state index contributed by atoms with van der Waals surface area (Å²) in [5.41, 5.74) is 3.46. The fraction of sp³-hybridized carbons (Fsp3) is 0.300. The Morgan fingerprint density at radius 3 is 2.66 bits per heavy atom. The van der Waals surface area contributed by atoms with Crippen molar-refractivity contribution < 1.29 is 22.7 Å². The number of hydrogen-bond acceptors (Lipinski definition) is 6. The number of carbonyl (C=O) groups is 2.